The molecule has 26 heavy (non-hydrogen) atoms. The lowest BCUT2D eigenvalue weighted by Gasteiger charge is -2.26. The Kier molecular flexibility index (Phi) is 4.39. The van der Waals surface area contributed by atoms with Crippen LogP contribution in [0.1, 0.15) is 19.3 Å². The fourth-order valence-corrected chi connectivity index (χ4v) is 2.60. The monoisotopic (exact) mass is 354 g/mol. The van der Waals surface area contributed by atoms with Gasteiger partial charge in [-0.25, -0.2) is 9.37 Å². The molecule has 8 heteroatoms. The topological polar surface area (TPSA) is 75.6 Å². The highest BCUT2D eigenvalue weighted by atomic mass is 19.1. The number of hydrogen-bond donors (Lipinski definition) is 2. The van der Waals surface area contributed by atoms with Crippen LogP contribution in [0.2, 0.25) is 0 Å². The molecule has 0 spiro atoms. The molecule has 132 valence electrons. The van der Waals surface area contributed by atoms with Crippen molar-refractivity contribution in [2.75, 3.05) is 10.6 Å². The number of halogens is 2. The Labute approximate surface area is 148 Å². The summed E-state index contributed by atoms with van der Waals surface area (Å²) in [5, 5.41) is 6.15. The Morgan fingerprint density at radius 2 is 1.77 bits per heavy atom. The van der Waals surface area contributed by atoms with Crippen molar-refractivity contribution in [3.63, 3.8) is 0 Å². The quantitative estimate of drug-likeness (QED) is 0.677. The summed E-state index contributed by atoms with van der Waals surface area (Å²) in [6.45, 7) is 0. The van der Waals surface area contributed by atoms with Crippen LogP contribution in [0.25, 0.3) is 11.4 Å². The van der Waals surface area contributed by atoms with E-state index < -0.39 is 11.8 Å². The fraction of sp³-hybridized carbons (Fsp3) is 0.222. The molecule has 0 saturated heterocycles. The standard InChI is InChI=1S/C18H16F2N6/c19-14-7-2-1-6-13(14)16-24-17(22-11-4-3-5-11)26-18(25-16)23-12-8-9-21-15(20)10-12/h1-2,6-11H,3-5H2,(H2,21,22,23,24,25,26). The Morgan fingerprint density at radius 1 is 0.962 bits per heavy atom. The van der Waals surface area contributed by atoms with Gasteiger partial charge in [0.25, 0.3) is 0 Å². The molecule has 1 aromatic carbocycles. The summed E-state index contributed by atoms with van der Waals surface area (Å²) < 4.78 is 27.5. The second kappa shape index (κ2) is 6.99. The van der Waals surface area contributed by atoms with Crippen LogP contribution in [-0.4, -0.2) is 26.0 Å². The first kappa shape index (κ1) is 16.3. The van der Waals surface area contributed by atoms with Gasteiger partial charge in [-0.05, 0) is 37.5 Å². The SMILES string of the molecule is Fc1cc(Nc2nc(NC3CCC3)nc(-c3ccccc3F)n2)ccn1. The van der Waals surface area contributed by atoms with E-state index in [0.29, 0.717) is 17.7 Å². The third kappa shape index (κ3) is 3.58. The van der Waals surface area contributed by atoms with Crippen molar-refractivity contribution < 1.29 is 8.78 Å². The minimum absolute atomic E-state index is 0.200. The van der Waals surface area contributed by atoms with E-state index in [2.05, 4.69) is 30.6 Å². The summed E-state index contributed by atoms with van der Waals surface area (Å²) in [7, 11) is 0. The highest BCUT2D eigenvalue weighted by Crippen LogP contribution is 2.25. The molecule has 0 aliphatic heterocycles. The zero-order valence-corrected chi connectivity index (χ0v) is 13.8. The number of nitrogens with zero attached hydrogens (tertiary/aromatic N) is 4. The van der Waals surface area contributed by atoms with Crippen molar-refractivity contribution in [1.82, 2.24) is 19.9 Å². The Balaban J connectivity index is 1.71. The molecule has 1 aliphatic rings. The predicted molar refractivity (Wildman–Crippen MR) is 94.0 cm³/mol. The van der Waals surface area contributed by atoms with Gasteiger partial charge in [0.1, 0.15) is 5.82 Å². The summed E-state index contributed by atoms with van der Waals surface area (Å²) in [5.41, 5.74) is 0.716. The van der Waals surface area contributed by atoms with Crippen molar-refractivity contribution in [1.29, 1.82) is 0 Å². The Morgan fingerprint density at radius 3 is 2.50 bits per heavy atom. The van der Waals surface area contributed by atoms with E-state index in [1.165, 1.54) is 18.3 Å². The molecule has 0 amide bonds. The minimum atomic E-state index is -0.619. The molecule has 2 aromatic heterocycles. The van der Waals surface area contributed by atoms with E-state index in [1.807, 2.05) is 0 Å². The first-order chi connectivity index (χ1) is 12.7. The number of nitrogens with one attached hydrogen (secondary N) is 2. The average Bonchev–Trinajstić information content (AvgIpc) is 2.58. The Hall–Kier alpha value is -3.16. The second-order valence-electron chi connectivity index (χ2n) is 6.05. The van der Waals surface area contributed by atoms with Gasteiger partial charge in [-0.3, -0.25) is 0 Å². The summed E-state index contributed by atoms with van der Waals surface area (Å²) in [6.07, 6.45) is 4.58. The van der Waals surface area contributed by atoms with Crippen molar-refractivity contribution in [2.24, 2.45) is 0 Å². The van der Waals surface area contributed by atoms with Gasteiger partial charge in [0.15, 0.2) is 5.82 Å². The Bertz CT molecular complexity index is 929. The van der Waals surface area contributed by atoms with Gasteiger partial charge in [0, 0.05) is 24.0 Å². The maximum atomic E-state index is 14.2. The van der Waals surface area contributed by atoms with E-state index in [1.54, 1.807) is 24.3 Å². The van der Waals surface area contributed by atoms with Crippen molar-refractivity contribution in [2.45, 2.75) is 25.3 Å². The first-order valence-electron chi connectivity index (χ1n) is 8.33. The van der Waals surface area contributed by atoms with Gasteiger partial charge < -0.3 is 10.6 Å². The number of hydrogen-bond acceptors (Lipinski definition) is 6. The molecule has 1 fully saturated rings. The van der Waals surface area contributed by atoms with Gasteiger partial charge >= 0.3 is 0 Å². The molecule has 4 rings (SSSR count). The zero-order valence-electron chi connectivity index (χ0n) is 13.8. The molecule has 0 unspecified atom stereocenters. The van der Waals surface area contributed by atoms with Crippen molar-refractivity contribution in [3.8, 4) is 11.4 Å². The number of rotatable bonds is 5. The van der Waals surface area contributed by atoms with E-state index in [0.717, 1.165) is 19.3 Å². The summed E-state index contributed by atoms with van der Waals surface area (Å²) in [4.78, 5) is 16.5. The van der Waals surface area contributed by atoms with Crippen LogP contribution in [0.3, 0.4) is 0 Å². The summed E-state index contributed by atoms with van der Waals surface area (Å²) in [6, 6.07) is 9.40. The molecular formula is C18H16F2N6. The maximum Gasteiger partial charge on any atom is 0.232 e. The normalized spacial score (nSPS) is 13.9. The number of aromatic nitrogens is 4. The van der Waals surface area contributed by atoms with Crippen LogP contribution < -0.4 is 10.6 Å². The summed E-state index contributed by atoms with van der Waals surface area (Å²) >= 11 is 0. The molecular weight excluding hydrogens is 338 g/mol. The average molecular weight is 354 g/mol. The summed E-state index contributed by atoms with van der Waals surface area (Å²) in [5.74, 6) is -0.275. The molecule has 0 bridgehead atoms. The second-order valence-corrected chi connectivity index (χ2v) is 6.05. The molecule has 2 heterocycles. The van der Waals surface area contributed by atoms with E-state index in [-0.39, 0.29) is 17.3 Å². The lowest BCUT2D eigenvalue weighted by molar-refractivity contribution is 0.443. The molecule has 6 nitrogen and oxygen atoms in total. The van der Waals surface area contributed by atoms with Gasteiger partial charge in [-0.2, -0.15) is 19.3 Å². The molecule has 0 radical (unpaired) electrons. The van der Waals surface area contributed by atoms with E-state index in [4.69, 9.17) is 0 Å². The van der Waals surface area contributed by atoms with Crippen molar-refractivity contribution in [3.05, 3.63) is 54.4 Å². The van der Waals surface area contributed by atoms with Crippen LogP contribution in [-0.2, 0) is 0 Å². The smallest absolute Gasteiger partial charge is 0.232 e. The molecule has 3 aromatic rings. The molecule has 1 aliphatic carbocycles. The number of benzene rings is 1. The van der Waals surface area contributed by atoms with Crippen LogP contribution in [0.15, 0.2) is 42.6 Å². The number of pyridine rings is 1. The molecule has 2 N–H and O–H groups in total. The minimum Gasteiger partial charge on any atom is -0.351 e. The predicted octanol–water partition coefficient (Wildman–Crippen LogP) is 3.92. The third-order valence-electron chi connectivity index (χ3n) is 4.17. The third-order valence-corrected chi connectivity index (χ3v) is 4.17. The zero-order chi connectivity index (χ0) is 17.9. The van der Waals surface area contributed by atoms with Crippen LogP contribution in [0, 0.1) is 11.8 Å². The first-order valence-corrected chi connectivity index (χ1v) is 8.33. The van der Waals surface area contributed by atoms with Crippen molar-refractivity contribution >= 4 is 17.6 Å². The van der Waals surface area contributed by atoms with Gasteiger partial charge in [0.2, 0.25) is 17.8 Å². The highest BCUT2D eigenvalue weighted by Gasteiger charge is 2.20. The molecule has 0 atom stereocenters. The van der Waals surface area contributed by atoms with E-state index in [9.17, 15) is 8.78 Å². The fourth-order valence-electron chi connectivity index (χ4n) is 2.60. The van der Waals surface area contributed by atoms with Gasteiger partial charge in [0.05, 0.1) is 5.56 Å². The number of anilines is 3. The van der Waals surface area contributed by atoms with Crippen LogP contribution in [0.4, 0.5) is 26.4 Å². The van der Waals surface area contributed by atoms with Gasteiger partial charge in [-0.1, -0.05) is 12.1 Å². The molecule has 1 saturated carbocycles. The van der Waals surface area contributed by atoms with Crippen LogP contribution in [0.5, 0.6) is 0 Å². The van der Waals surface area contributed by atoms with E-state index >= 15 is 0 Å². The largest absolute Gasteiger partial charge is 0.351 e. The van der Waals surface area contributed by atoms with Gasteiger partial charge in [-0.15, -0.1) is 0 Å². The lowest BCUT2D eigenvalue weighted by atomic mass is 9.93. The maximum absolute atomic E-state index is 14.2. The lowest BCUT2D eigenvalue weighted by Crippen LogP contribution is -2.28. The van der Waals surface area contributed by atoms with Crippen LogP contribution >= 0.6 is 0 Å². The highest BCUT2D eigenvalue weighted by molar-refractivity contribution is 5.61.